The Hall–Kier alpha value is -3.55. The molecule has 3 N–H and O–H groups in total. The van der Waals surface area contributed by atoms with Gasteiger partial charge in [-0.1, -0.05) is 12.1 Å². The Morgan fingerprint density at radius 1 is 1.29 bits per heavy atom. The van der Waals surface area contributed by atoms with E-state index in [-0.39, 0.29) is 24.8 Å². The van der Waals surface area contributed by atoms with Gasteiger partial charge < -0.3 is 19.9 Å². The van der Waals surface area contributed by atoms with Crippen LogP contribution in [0, 0.1) is 5.41 Å². The second-order valence-electron chi connectivity index (χ2n) is 6.29. The van der Waals surface area contributed by atoms with Crippen LogP contribution in [0.3, 0.4) is 0 Å². The monoisotopic (exact) mass is 383 g/mol. The normalized spacial score (nSPS) is 15.8. The molecule has 1 saturated heterocycles. The number of amides is 1. The molecule has 0 aromatic heterocycles. The predicted molar refractivity (Wildman–Crippen MR) is 103 cm³/mol. The SMILES string of the molecule is COC(=O)Cc1cccc(OCC2CN(c3ccc(C(=N)N)cc3)C(=O)O2)c1. The Morgan fingerprint density at radius 2 is 2.04 bits per heavy atom. The molecule has 0 radical (unpaired) electrons. The summed E-state index contributed by atoms with van der Waals surface area (Å²) >= 11 is 0. The van der Waals surface area contributed by atoms with Crippen molar-refractivity contribution in [3.63, 3.8) is 0 Å². The number of carbonyl (C=O) groups is 2. The number of rotatable bonds is 7. The van der Waals surface area contributed by atoms with Gasteiger partial charge in [0.1, 0.15) is 18.2 Å². The first-order valence-corrected chi connectivity index (χ1v) is 8.67. The van der Waals surface area contributed by atoms with Crippen molar-refractivity contribution in [1.82, 2.24) is 0 Å². The average molecular weight is 383 g/mol. The first kappa shape index (κ1) is 19.2. The molecule has 28 heavy (non-hydrogen) atoms. The highest BCUT2D eigenvalue weighted by Gasteiger charge is 2.32. The number of ether oxygens (including phenoxy) is 3. The molecule has 1 aliphatic rings. The van der Waals surface area contributed by atoms with Crippen molar-refractivity contribution in [2.75, 3.05) is 25.2 Å². The summed E-state index contributed by atoms with van der Waals surface area (Å²) in [5.41, 5.74) is 7.47. The van der Waals surface area contributed by atoms with Gasteiger partial charge >= 0.3 is 12.1 Å². The number of amidine groups is 1. The smallest absolute Gasteiger partial charge is 0.414 e. The molecule has 146 valence electrons. The van der Waals surface area contributed by atoms with Crippen molar-refractivity contribution in [3.8, 4) is 5.75 Å². The second-order valence-corrected chi connectivity index (χ2v) is 6.29. The van der Waals surface area contributed by atoms with Gasteiger partial charge in [0.05, 0.1) is 20.1 Å². The van der Waals surface area contributed by atoms with Crippen molar-refractivity contribution < 1.29 is 23.8 Å². The van der Waals surface area contributed by atoms with Crippen molar-refractivity contribution in [2.24, 2.45) is 5.73 Å². The van der Waals surface area contributed by atoms with E-state index in [4.69, 9.17) is 20.6 Å². The van der Waals surface area contributed by atoms with Crippen LogP contribution in [-0.4, -0.2) is 44.3 Å². The lowest BCUT2D eigenvalue weighted by Crippen LogP contribution is -2.26. The molecule has 1 unspecified atom stereocenters. The highest BCUT2D eigenvalue weighted by Crippen LogP contribution is 2.23. The number of anilines is 1. The molecule has 1 fully saturated rings. The summed E-state index contributed by atoms with van der Waals surface area (Å²) in [6, 6.07) is 13.9. The number of methoxy groups -OCH3 is 1. The Kier molecular flexibility index (Phi) is 5.78. The lowest BCUT2D eigenvalue weighted by atomic mass is 10.1. The maximum Gasteiger partial charge on any atom is 0.414 e. The van der Waals surface area contributed by atoms with Crippen molar-refractivity contribution in [1.29, 1.82) is 5.41 Å². The zero-order valence-electron chi connectivity index (χ0n) is 15.4. The van der Waals surface area contributed by atoms with Gasteiger partial charge in [-0.05, 0) is 42.0 Å². The van der Waals surface area contributed by atoms with E-state index >= 15 is 0 Å². The van der Waals surface area contributed by atoms with E-state index < -0.39 is 12.2 Å². The molecule has 0 bridgehead atoms. The summed E-state index contributed by atoms with van der Waals surface area (Å²) in [7, 11) is 1.34. The van der Waals surface area contributed by atoms with Gasteiger partial charge in [-0.15, -0.1) is 0 Å². The summed E-state index contributed by atoms with van der Waals surface area (Å²) in [6.07, 6.45) is -0.719. The van der Waals surface area contributed by atoms with Gasteiger partial charge in [-0.2, -0.15) is 0 Å². The van der Waals surface area contributed by atoms with Crippen LogP contribution >= 0.6 is 0 Å². The van der Waals surface area contributed by atoms with E-state index in [0.29, 0.717) is 23.5 Å². The fraction of sp³-hybridized carbons (Fsp3) is 0.250. The Balaban J connectivity index is 1.58. The molecule has 1 aliphatic heterocycles. The van der Waals surface area contributed by atoms with Crippen LogP contribution in [-0.2, 0) is 20.7 Å². The molecule has 0 spiro atoms. The lowest BCUT2D eigenvalue weighted by molar-refractivity contribution is -0.139. The van der Waals surface area contributed by atoms with Crippen LogP contribution < -0.4 is 15.4 Å². The van der Waals surface area contributed by atoms with Crippen LogP contribution in [0.5, 0.6) is 5.75 Å². The van der Waals surface area contributed by atoms with Gasteiger partial charge in [-0.25, -0.2) is 4.79 Å². The summed E-state index contributed by atoms with van der Waals surface area (Å²) in [4.78, 5) is 25.0. The minimum Gasteiger partial charge on any atom is -0.490 e. The molecule has 2 aromatic carbocycles. The molecule has 3 rings (SSSR count). The molecule has 1 atom stereocenters. The van der Waals surface area contributed by atoms with Crippen molar-refractivity contribution in [3.05, 3.63) is 59.7 Å². The molecule has 8 nitrogen and oxygen atoms in total. The number of nitrogen functional groups attached to an aromatic ring is 1. The molecular weight excluding hydrogens is 362 g/mol. The standard InChI is InChI=1S/C20H21N3O5/c1-26-18(24)10-13-3-2-4-16(9-13)27-12-17-11-23(20(25)28-17)15-7-5-14(6-8-15)19(21)22/h2-9,17H,10-12H2,1H3,(H3,21,22). The summed E-state index contributed by atoms with van der Waals surface area (Å²) in [5, 5.41) is 7.42. The summed E-state index contributed by atoms with van der Waals surface area (Å²) in [6.45, 7) is 0.537. The van der Waals surface area contributed by atoms with Crippen LogP contribution in [0.4, 0.5) is 10.5 Å². The Labute approximate surface area is 162 Å². The zero-order valence-corrected chi connectivity index (χ0v) is 15.4. The number of nitrogens with zero attached hydrogens (tertiary/aromatic N) is 1. The summed E-state index contributed by atoms with van der Waals surface area (Å²) in [5.74, 6) is 0.228. The number of nitrogens with one attached hydrogen (secondary N) is 1. The fourth-order valence-electron chi connectivity index (χ4n) is 2.81. The second kappa shape index (κ2) is 8.43. The quantitative estimate of drug-likeness (QED) is 0.430. The average Bonchev–Trinajstić information content (AvgIpc) is 3.07. The van der Waals surface area contributed by atoms with Gasteiger partial charge in [0, 0.05) is 11.3 Å². The molecule has 1 amide bonds. The molecule has 1 heterocycles. The third kappa shape index (κ3) is 4.59. The number of hydrogen-bond donors (Lipinski definition) is 2. The minimum atomic E-state index is -0.455. The number of benzene rings is 2. The lowest BCUT2D eigenvalue weighted by Gasteiger charge is -2.14. The Bertz CT molecular complexity index is 882. The topological polar surface area (TPSA) is 115 Å². The summed E-state index contributed by atoms with van der Waals surface area (Å²) < 4.78 is 15.7. The molecule has 8 heteroatoms. The van der Waals surface area contributed by atoms with Crippen LogP contribution in [0.15, 0.2) is 48.5 Å². The number of cyclic esters (lactones) is 1. The molecular formula is C20H21N3O5. The van der Waals surface area contributed by atoms with E-state index in [0.717, 1.165) is 5.56 Å². The van der Waals surface area contributed by atoms with E-state index in [9.17, 15) is 9.59 Å². The van der Waals surface area contributed by atoms with Crippen LogP contribution in [0.2, 0.25) is 0 Å². The maximum atomic E-state index is 12.2. The van der Waals surface area contributed by atoms with E-state index in [1.54, 1.807) is 42.5 Å². The first-order valence-electron chi connectivity index (χ1n) is 8.67. The van der Waals surface area contributed by atoms with E-state index in [1.165, 1.54) is 12.0 Å². The number of nitrogens with two attached hydrogens (primary N) is 1. The third-order valence-electron chi connectivity index (χ3n) is 4.27. The van der Waals surface area contributed by atoms with Crippen molar-refractivity contribution in [2.45, 2.75) is 12.5 Å². The van der Waals surface area contributed by atoms with E-state index in [1.807, 2.05) is 6.07 Å². The highest BCUT2D eigenvalue weighted by atomic mass is 16.6. The van der Waals surface area contributed by atoms with Crippen molar-refractivity contribution >= 4 is 23.6 Å². The molecule has 2 aromatic rings. The van der Waals surface area contributed by atoms with Crippen LogP contribution in [0.1, 0.15) is 11.1 Å². The highest BCUT2D eigenvalue weighted by molar-refractivity contribution is 5.96. The Morgan fingerprint density at radius 3 is 2.71 bits per heavy atom. The van der Waals surface area contributed by atoms with Crippen LogP contribution in [0.25, 0.3) is 0 Å². The third-order valence-corrected chi connectivity index (χ3v) is 4.27. The largest absolute Gasteiger partial charge is 0.490 e. The number of esters is 1. The van der Waals surface area contributed by atoms with Gasteiger partial charge in [0.2, 0.25) is 0 Å². The molecule has 0 saturated carbocycles. The first-order chi connectivity index (χ1) is 13.5. The fourth-order valence-corrected chi connectivity index (χ4v) is 2.81. The predicted octanol–water partition coefficient (Wildman–Crippen LogP) is 2.09. The van der Waals surface area contributed by atoms with Gasteiger partial charge in [0.25, 0.3) is 0 Å². The molecule has 0 aliphatic carbocycles. The number of hydrogen-bond acceptors (Lipinski definition) is 6. The maximum absolute atomic E-state index is 12.2. The zero-order chi connectivity index (χ0) is 20.1. The van der Waals surface area contributed by atoms with Gasteiger partial charge in [0.15, 0.2) is 6.10 Å². The van der Waals surface area contributed by atoms with Gasteiger partial charge in [-0.3, -0.25) is 15.1 Å². The van der Waals surface area contributed by atoms with E-state index in [2.05, 4.69) is 4.74 Å². The minimum absolute atomic E-state index is 0.0312. The number of carbonyl (C=O) groups excluding carboxylic acids is 2.